The summed E-state index contributed by atoms with van der Waals surface area (Å²) in [6.07, 6.45) is 0.707. The van der Waals surface area contributed by atoms with Crippen LogP contribution in [0.4, 0.5) is 14.5 Å². The zero-order chi connectivity index (χ0) is 13.4. The van der Waals surface area contributed by atoms with Crippen molar-refractivity contribution in [1.29, 1.82) is 0 Å². The minimum absolute atomic E-state index is 0.0646. The van der Waals surface area contributed by atoms with Gasteiger partial charge in [-0.25, -0.2) is 13.8 Å². The number of benzene rings is 1. The number of hydrogen-bond acceptors (Lipinski definition) is 2. The van der Waals surface area contributed by atoms with Gasteiger partial charge in [0.15, 0.2) is 5.82 Å². The zero-order valence-electron chi connectivity index (χ0n) is 10.4. The third kappa shape index (κ3) is 1.86. The number of anilines is 1. The molecule has 0 saturated heterocycles. The molecule has 0 atom stereocenters. The van der Waals surface area contributed by atoms with Crippen molar-refractivity contribution in [3.8, 4) is 0 Å². The highest BCUT2D eigenvalue weighted by atomic mass is 79.9. The van der Waals surface area contributed by atoms with E-state index in [0.29, 0.717) is 12.1 Å². The van der Waals surface area contributed by atoms with Crippen LogP contribution < -0.4 is 5.32 Å². The Bertz CT molecular complexity index is 626. The molecule has 0 unspecified atom stereocenters. The maximum absolute atomic E-state index is 14.2. The van der Waals surface area contributed by atoms with E-state index in [1.165, 1.54) is 0 Å². The molecule has 2 aromatic rings. The number of aromatic nitrogens is 1. The van der Waals surface area contributed by atoms with Crippen LogP contribution in [0, 0.1) is 18.6 Å². The summed E-state index contributed by atoms with van der Waals surface area (Å²) in [4.78, 5) is 4.18. The molecule has 0 aliphatic carbocycles. The molecular formula is C13H13BrF2N2. The van der Waals surface area contributed by atoms with Crippen molar-refractivity contribution in [3.05, 3.63) is 33.4 Å². The van der Waals surface area contributed by atoms with Crippen LogP contribution in [-0.2, 0) is 6.42 Å². The first-order valence-corrected chi connectivity index (χ1v) is 6.45. The fourth-order valence-electron chi connectivity index (χ4n) is 2.20. The maximum Gasteiger partial charge on any atom is 0.150 e. The topological polar surface area (TPSA) is 24.9 Å². The summed E-state index contributed by atoms with van der Waals surface area (Å²) in [6.45, 7) is 3.77. The lowest BCUT2D eigenvalue weighted by Crippen LogP contribution is -2.04. The molecule has 0 aliphatic heterocycles. The van der Waals surface area contributed by atoms with Crippen LogP contribution in [0.1, 0.15) is 18.2 Å². The van der Waals surface area contributed by atoms with Gasteiger partial charge in [0.05, 0.1) is 15.5 Å². The van der Waals surface area contributed by atoms with E-state index in [2.05, 4.69) is 26.2 Å². The van der Waals surface area contributed by atoms with Gasteiger partial charge in [0.2, 0.25) is 0 Å². The van der Waals surface area contributed by atoms with Crippen molar-refractivity contribution < 1.29 is 8.78 Å². The Morgan fingerprint density at radius 1 is 1.39 bits per heavy atom. The maximum atomic E-state index is 14.2. The second-order valence-electron chi connectivity index (χ2n) is 4.03. The first kappa shape index (κ1) is 13.2. The third-order valence-corrected chi connectivity index (χ3v) is 3.59. The SMILES string of the molecule is CCc1c(C)nc2c(F)cc(Br)c(F)c2c1NC. The molecule has 0 aliphatic rings. The molecule has 1 N–H and O–H groups in total. The fourth-order valence-corrected chi connectivity index (χ4v) is 2.60. The molecule has 1 aromatic carbocycles. The molecule has 1 heterocycles. The molecule has 18 heavy (non-hydrogen) atoms. The van der Waals surface area contributed by atoms with Gasteiger partial charge in [-0.3, -0.25) is 0 Å². The zero-order valence-corrected chi connectivity index (χ0v) is 12.0. The summed E-state index contributed by atoms with van der Waals surface area (Å²) >= 11 is 3.02. The summed E-state index contributed by atoms with van der Waals surface area (Å²) in [5, 5.41) is 3.16. The quantitative estimate of drug-likeness (QED) is 0.841. The lowest BCUT2D eigenvalue weighted by molar-refractivity contribution is 0.609. The molecular weight excluding hydrogens is 302 g/mol. The van der Waals surface area contributed by atoms with E-state index in [0.717, 1.165) is 17.3 Å². The number of nitrogens with zero attached hydrogens (tertiary/aromatic N) is 1. The van der Waals surface area contributed by atoms with Crippen molar-refractivity contribution in [2.75, 3.05) is 12.4 Å². The minimum atomic E-state index is -0.527. The second kappa shape index (κ2) is 4.80. The molecule has 0 radical (unpaired) electrons. The van der Waals surface area contributed by atoms with E-state index >= 15 is 0 Å². The van der Waals surface area contributed by atoms with Gasteiger partial charge in [0.1, 0.15) is 11.3 Å². The van der Waals surface area contributed by atoms with E-state index in [9.17, 15) is 8.78 Å². The van der Waals surface area contributed by atoms with Gasteiger partial charge >= 0.3 is 0 Å². The van der Waals surface area contributed by atoms with Gasteiger partial charge in [0, 0.05) is 12.7 Å². The van der Waals surface area contributed by atoms with Crippen molar-refractivity contribution in [1.82, 2.24) is 4.98 Å². The van der Waals surface area contributed by atoms with Crippen LogP contribution in [0.15, 0.2) is 10.5 Å². The molecule has 0 saturated carbocycles. The Morgan fingerprint density at radius 2 is 2.06 bits per heavy atom. The Balaban J connectivity index is 3.03. The van der Waals surface area contributed by atoms with E-state index in [1.54, 1.807) is 14.0 Å². The number of aryl methyl sites for hydroxylation is 1. The van der Waals surface area contributed by atoms with E-state index < -0.39 is 11.6 Å². The first-order valence-electron chi connectivity index (χ1n) is 5.65. The largest absolute Gasteiger partial charge is 0.387 e. The van der Waals surface area contributed by atoms with Gasteiger partial charge in [-0.15, -0.1) is 0 Å². The van der Waals surface area contributed by atoms with Crippen LogP contribution in [0.25, 0.3) is 10.9 Å². The normalized spacial score (nSPS) is 11.0. The van der Waals surface area contributed by atoms with Crippen LogP contribution >= 0.6 is 15.9 Å². The van der Waals surface area contributed by atoms with Crippen molar-refractivity contribution in [3.63, 3.8) is 0 Å². The Labute approximate surface area is 113 Å². The number of hydrogen-bond donors (Lipinski definition) is 1. The van der Waals surface area contributed by atoms with Crippen molar-refractivity contribution >= 4 is 32.5 Å². The predicted octanol–water partition coefficient (Wildman–Crippen LogP) is 4.19. The molecule has 2 rings (SSSR count). The number of halogens is 3. The number of fused-ring (bicyclic) bond motifs is 1. The lowest BCUT2D eigenvalue weighted by atomic mass is 10.0. The summed E-state index contributed by atoms with van der Waals surface area (Å²) in [5.74, 6) is -1.02. The van der Waals surface area contributed by atoms with Crippen molar-refractivity contribution in [2.45, 2.75) is 20.3 Å². The summed E-state index contributed by atoms with van der Waals surface area (Å²) in [6, 6.07) is 1.11. The second-order valence-corrected chi connectivity index (χ2v) is 4.89. The highest BCUT2D eigenvalue weighted by molar-refractivity contribution is 9.10. The molecule has 0 spiro atoms. The van der Waals surface area contributed by atoms with E-state index in [1.807, 2.05) is 6.92 Å². The molecule has 0 fully saturated rings. The highest BCUT2D eigenvalue weighted by Crippen LogP contribution is 2.35. The number of rotatable bonds is 2. The Hall–Kier alpha value is -1.23. The highest BCUT2D eigenvalue weighted by Gasteiger charge is 2.19. The lowest BCUT2D eigenvalue weighted by Gasteiger charge is -2.15. The molecule has 0 amide bonds. The molecule has 1 aromatic heterocycles. The predicted molar refractivity (Wildman–Crippen MR) is 73.0 cm³/mol. The summed E-state index contributed by atoms with van der Waals surface area (Å²) in [7, 11) is 1.70. The van der Waals surface area contributed by atoms with Gasteiger partial charge in [0.25, 0.3) is 0 Å². The minimum Gasteiger partial charge on any atom is -0.387 e. The van der Waals surface area contributed by atoms with Crippen molar-refractivity contribution in [2.24, 2.45) is 0 Å². The van der Waals surface area contributed by atoms with Gasteiger partial charge < -0.3 is 5.32 Å². The van der Waals surface area contributed by atoms with Crippen LogP contribution in [0.3, 0.4) is 0 Å². The van der Waals surface area contributed by atoms with E-state index in [4.69, 9.17) is 0 Å². The van der Waals surface area contributed by atoms with Crippen LogP contribution in [0.5, 0.6) is 0 Å². The number of pyridine rings is 1. The Morgan fingerprint density at radius 3 is 2.61 bits per heavy atom. The third-order valence-electron chi connectivity index (χ3n) is 3.02. The standard InChI is InChI=1S/C13H13BrF2N2/c1-4-7-6(2)18-13-9(15)5-8(14)11(16)10(13)12(7)17-3/h5H,4H2,1-3H3,(H,17,18). The van der Waals surface area contributed by atoms with Crippen LogP contribution in [-0.4, -0.2) is 12.0 Å². The summed E-state index contributed by atoms with van der Waals surface area (Å²) < 4.78 is 28.2. The molecule has 2 nitrogen and oxygen atoms in total. The van der Waals surface area contributed by atoms with Crippen LogP contribution in [0.2, 0.25) is 0 Å². The smallest absolute Gasteiger partial charge is 0.150 e. The average molecular weight is 315 g/mol. The fraction of sp³-hybridized carbons (Fsp3) is 0.308. The number of nitrogens with one attached hydrogen (secondary N) is 1. The first-order chi connectivity index (χ1) is 8.51. The Kier molecular flexibility index (Phi) is 3.52. The molecule has 0 bridgehead atoms. The van der Waals surface area contributed by atoms with Gasteiger partial charge in [-0.05, 0) is 40.9 Å². The molecule has 96 valence electrons. The average Bonchev–Trinajstić information content (AvgIpc) is 2.34. The monoisotopic (exact) mass is 314 g/mol. The van der Waals surface area contributed by atoms with Gasteiger partial charge in [-0.1, -0.05) is 6.92 Å². The van der Waals surface area contributed by atoms with Gasteiger partial charge in [-0.2, -0.15) is 0 Å². The molecule has 5 heteroatoms. The van der Waals surface area contributed by atoms with E-state index in [-0.39, 0.29) is 15.4 Å². The summed E-state index contributed by atoms with van der Waals surface area (Å²) in [5.41, 5.74) is 2.30.